The Morgan fingerprint density at radius 2 is 1.83 bits per heavy atom. The first kappa shape index (κ1) is 25.8. The number of thioether (sulfide) groups is 1. The van der Waals surface area contributed by atoms with Gasteiger partial charge in [-0.05, 0) is 55.3 Å². The summed E-state index contributed by atoms with van der Waals surface area (Å²) < 4.78 is 15.9. The van der Waals surface area contributed by atoms with Gasteiger partial charge in [0.15, 0.2) is 16.7 Å². The molecule has 3 atom stereocenters. The van der Waals surface area contributed by atoms with Crippen molar-refractivity contribution in [1.29, 1.82) is 5.41 Å². The number of rotatable bonds is 9. The number of aliphatic imine (C=N–C) groups is 1. The van der Waals surface area contributed by atoms with E-state index in [2.05, 4.69) is 16.2 Å². The highest BCUT2D eigenvalue weighted by molar-refractivity contribution is 8.14. The van der Waals surface area contributed by atoms with E-state index >= 15 is 0 Å². The Kier molecular flexibility index (Phi) is 8.34. The van der Waals surface area contributed by atoms with Crippen LogP contribution < -0.4 is 35.3 Å². The van der Waals surface area contributed by atoms with E-state index in [1.54, 1.807) is 21.3 Å². The van der Waals surface area contributed by atoms with E-state index in [0.717, 1.165) is 17.0 Å². The molecular formula is C25H32N6O4S. The van der Waals surface area contributed by atoms with Gasteiger partial charge in [-0.1, -0.05) is 17.8 Å². The summed E-state index contributed by atoms with van der Waals surface area (Å²) >= 11 is 1.32. The van der Waals surface area contributed by atoms with E-state index < -0.39 is 0 Å². The van der Waals surface area contributed by atoms with Gasteiger partial charge in [-0.15, -0.1) is 0 Å². The van der Waals surface area contributed by atoms with E-state index in [-0.39, 0.29) is 29.8 Å². The van der Waals surface area contributed by atoms with Crippen LogP contribution in [0.4, 0.5) is 5.69 Å². The Hall–Kier alpha value is -3.28. The monoisotopic (exact) mass is 512 g/mol. The summed E-state index contributed by atoms with van der Waals surface area (Å²) in [7, 11) is 4.82. The van der Waals surface area contributed by atoms with Crippen molar-refractivity contribution in [2.45, 2.75) is 25.6 Å². The lowest BCUT2D eigenvalue weighted by Gasteiger charge is -2.35. The molecule has 2 aliphatic rings. The molecule has 0 bridgehead atoms. The second-order valence-electron chi connectivity index (χ2n) is 8.46. The number of benzene rings is 2. The quantitative estimate of drug-likeness (QED) is 0.404. The number of amidine groups is 2. The minimum Gasteiger partial charge on any atom is -0.497 e. The largest absolute Gasteiger partial charge is 0.497 e. The summed E-state index contributed by atoms with van der Waals surface area (Å²) in [5.41, 5.74) is 8.18. The van der Waals surface area contributed by atoms with E-state index in [1.807, 2.05) is 54.3 Å². The maximum atomic E-state index is 12.6. The van der Waals surface area contributed by atoms with Crippen molar-refractivity contribution in [2.75, 3.05) is 38.5 Å². The first-order valence-electron chi connectivity index (χ1n) is 11.7. The van der Waals surface area contributed by atoms with Crippen LogP contribution in [0.5, 0.6) is 17.2 Å². The lowest BCUT2D eigenvalue weighted by atomic mass is 9.97. The standard InChI is InChI=1S/C25H32N6O4S/c1-15-22-23(26)31(17-6-8-18(33-2)9-7-17)25(28-24(22)30-29-15)36-14-21(32)27-12-11-16-5-10-19(34-3)20(13-16)35-4/h5-10,13,15,22,24,26,29-30H,11-12,14H2,1-4H3,(H,27,32). The molecule has 3 unspecified atom stereocenters. The molecule has 0 aliphatic carbocycles. The first-order valence-corrected chi connectivity index (χ1v) is 12.7. The molecule has 1 fully saturated rings. The third-order valence-electron chi connectivity index (χ3n) is 6.18. The predicted molar refractivity (Wildman–Crippen MR) is 142 cm³/mol. The van der Waals surface area contributed by atoms with Crippen LogP contribution in [0, 0.1) is 11.3 Å². The topological polar surface area (TPSA) is 120 Å². The van der Waals surface area contributed by atoms with Gasteiger partial charge in [0.05, 0.1) is 33.0 Å². The van der Waals surface area contributed by atoms with Crippen molar-refractivity contribution >= 4 is 34.4 Å². The van der Waals surface area contributed by atoms with Crippen molar-refractivity contribution < 1.29 is 19.0 Å². The average Bonchev–Trinajstić information content (AvgIpc) is 3.28. The molecule has 192 valence electrons. The van der Waals surface area contributed by atoms with Crippen LogP contribution in [-0.4, -0.2) is 62.7 Å². The number of amides is 1. The van der Waals surface area contributed by atoms with Crippen LogP contribution in [0.1, 0.15) is 12.5 Å². The molecule has 2 aromatic rings. The van der Waals surface area contributed by atoms with Gasteiger partial charge in [0, 0.05) is 18.3 Å². The van der Waals surface area contributed by atoms with Crippen LogP contribution in [-0.2, 0) is 11.2 Å². The van der Waals surface area contributed by atoms with Crippen molar-refractivity contribution in [1.82, 2.24) is 16.2 Å². The first-order chi connectivity index (χ1) is 17.4. The number of anilines is 1. The fourth-order valence-corrected chi connectivity index (χ4v) is 5.13. The molecular weight excluding hydrogens is 480 g/mol. The van der Waals surface area contributed by atoms with E-state index in [1.165, 1.54) is 11.8 Å². The smallest absolute Gasteiger partial charge is 0.230 e. The molecule has 0 spiro atoms. The summed E-state index contributed by atoms with van der Waals surface area (Å²) in [4.78, 5) is 19.3. The minimum atomic E-state index is -0.252. The third kappa shape index (κ3) is 5.58. The van der Waals surface area contributed by atoms with E-state index in [0.29, 0.717) is 35.5 Å². The van der Waals surface area contributed by atoms with Crippen molar-refractivity contribution in [3.05, 3.63) is 48.0 Å². The van der Waals surface area contributed by atoms with Crippen molar-refractivity contribution in [2.24, 2.45) is 10.9 Å². The Balaban J connectivity index is 1.39. The highest BCUT2D eigenvalue weighted by atomic mass is 32.2. The Labute approximate surface area is 215 Å². The number of hydrogen-bond acceptors (Lipinski definition) is 9. The maximum Gasteiger partial charge on any atom is 0.230 e. The SMILES string of the molecule is COc1ccc(N2C(=N)C3C(C)NNC3N=C2SCC(=O)NCCc2ccc(OC)c(OC)c2)cc1. The molecule has 0 aromatic heterocycles. The van der Waals surface area contributed by atoms with Gasteiger partial charge in [-0.25, -0.2) is 10.4 Å². The number of nitrogens with one attached hydrogen (secondary N) is 4. The summed E-state index contributed by atoms with van der Waals surface area (Å²) in [5, 5.41) is 12.5. The summed E-state index contributed by atoms with van der Waals surface area (Å²) in [6, 6.07) is 13.3. The minimum absolute atomic E-state index is 0.0541. The lowest BCUT2D eigenvalue weighted by molar-refractivity contribution is -0.118. The average molecular weight is 513 g/mol. The number of fused-ring (bicyclic) bond motifs is 1. The van der Waals surface area contributed by atoms with E-state index in [9.17, 15) is 4.79 Å². The Morgan fingerprint density at radius 1 is 1.08 bits per heavy atom. The zero-order chi connectivity index (χ0) is 25.7. The van der Waals surface area contributed by atoms with Crippen molar-refractivity contribution in [3.63, 3.8) is 0 Å². The molecule has 2 heterocycles. The van der Waals surface area contributed by atoms with Crippen LogP contribution in [0.2, 0.25) is 0 Å². The number of carbonyl (C=O) groups excluding carboxylic acids is 1. The molecule has 2 aromatic carbocycles. The molecule has 4 rings (SSSR count). The molecule has 0 radical (unpaired) electrons. The zero-order valence-corrected chi connectivity index (χ0v) is 21.6. The van der Waals surface area contributed by atoms with Gasteiger partial charge >= 0.3 is 0 Å². The van der Waals surface area contributed by atoms with Gasteiger partial charge in [-0.3, -0.25) is 20.5 Å². The fraction of sp³-hybridized carbons (Fsp3) is 0.400. The number of ether oxygens (including phenoxy) is 3. The van der Waals surface area contributed by atoms with Crippen LogP contribution >= 0.6 is 11.8 Å². The second kappa shape index (κ2) is 11.6. The highest BCUT2D eigenvalue weighted by Gasteiger charge is 2.43. The Morgan fingerprint density at radius 3 is 2.53 bits per heavy atom. The number of carbonyl (C=O) groups is 1. The predicted octanol–water partition coefficient (Wildman–Crippen LogP) is 2.40. The molecule has 2 aliphatic heterocycles. The van der Waals surface area contributed by atoms with E-state index in [4.69, 9.17) is 24.6 Å². The molecule has 10 nitrogen and oxygen atoms in total. The number of hydrogen-bond donors (Lipinski definition) is 4. The van der Waals surface area contributed by atoms with Crippen molar-refractivity contribution in [3.8, 4) is 17.2 Å². The van der Waals surface area contributed by atoms with Crippen LogP contribution in [0.15, 0.2) is 47.5 Å². The molecule has 36 heavy (non-hydrogen) atoms. The van der Waals surface area contributed by atoms with Crippen LogP contribution in [0.25, 0.3) is 0 Å². The highest BCUT2D eigenvalue weighted by Crippen LogP contribution is 2.32. The fourth-order valence-electron chi connectivity index (χ4n) is 4.24. The summed E-state index contributed by atoms with van der Waals surface area (Å²) in [6.45, 7) is 2.52. The van der Waals surface area contributed by atoms with Crippen LogP contribution in [0.3, 0.4) is 0 Å². The van der Waals surface area contributed by atoms with Gasteiger partial charge in [-0.2, -0.15) is 0 Å². The molecule has 1 saturated heterocycles. The van der Waals surface area contributed by atoms with Gasteiger partial charge in [0.2, 0.25) is 5.91 Å². The summed E-state index contributed by atoms with van der Waals surface area (Å²) in [6.07, 6.45) is 0.412. The summed E-state index contributed by atoms with van der Waals surface area (Å²) in [5.74, 6) is 2.47. The number of methoxy groups -OCH3 is 3. The number of nitrogens with zero attached hydrogens (tertiary/aromatic N) is 2. The molecule has 1 amide bonds. The maximum absolute atomic E-state index is 12.6. The number of hydrazine groups is 1. The third-order valence-corrected chi connectivity index (χ3v) is 7.13. The van der Waals surface area contributed by atoms with Gasteiger partial charge in [0.1, 0.15) is 17.8 Å². The lowest BCUT2D eigenvalue weighted by Crippen LogP contribution is -2.50. The molecule has 11 heteroatoms. The normalized spacial score (nSPS) is 21.0. The van der Waals surface area contributed by atoms with Gasteiger partial charge < -0.3 is 19.5 Å². The molecule has 4 N–H and O–H groups in total. The zero-order valence-electron chi connectivity index (χ0n) is 20.8. The second-order valence-corrected chi connectivity index (χ2v) is 9.40. The Bertz CT molecular complexity index is 1130. The van der Waals surface area contributed by atoms with Gasteiger partial charge in [0.25, 0.3) is 0 Å². The molecule has 0 saturated carbocycles.